The van der Waals surface area contributed by atoms with Crippen molar-refractivity contribution in [1.82, 2.24) is 24.8 Å². The molecule has 0 unspecified atom stereocenters. The number of rotatable bonds is 3. The Morgan fingerprint density at radius 3 is 2.60 bits per heavy atom. The number of aromatic nitrogens is 4. The van der Waals surface area contributed by atoms with E-state index in [4.69, 9.17) is 11.6 Å². The van der Waals surface area contributed by atoms with Crippen molar-refractivity contribution in [2.24, 2.45) is 0 Å². The third kappa shape index (κ3) is 2.46. The largest absolute Gasteiger partial charge is 0.340 e. The van der Waals surface area contributed by atoms with Crippen molar-refractivity contribution in [2.45, 2.75) is 5.92 Å². The van der Waals surface area contributed by atoms with Gasteiger partial charge >= 0.3 is 0 Å². The number of nitrogens with zero attached hydrogens (tertiary/aromatic N) is 5. The molecular formula is C13H12ClN5O. The molecule has 3 rings (SSSR count). The molecule has 102 valence electrons. The summed E-state index contributed by atoms with van der Waals surface area (Å²) in [6.07, 6.45) is 5.01. The van der Waals surface area contributed by atoms with Crippen LogP contribution in [-0.4, -0.2) is 49.7 Å². The van der Waals surface area contributed by atoms with Gasteiger partial charge in [0.25, 0.3) is 0 Å². The van der Waals surface area contributed by atoms with Gasteiger partial charge in [-0.05, 0) is 12.1 Å². The van der Waals surface area contributed by atoms with Gasteiger partial charge in [-0.1, -0.05) is 0 Å². The Bertz CT molecular complexity index is 615. The van der Waals surface area contributed by atoms with Crippen molar-refractivity contribution < 1.29 is 4.79 Å². The van der Waals surface area contributed by atoms with Crippen molar-refractivity contribution in [1.29, 1.82) is 0 Å². The van der Waals surface area contributed by atoms with Gasteiger partial charge in [0.2, 0.25) is 5.91 Å². The van der Waals surface area contributed by atoms with Crippen LogP contribution in [0, 0.1) is 0 Å². The molecule has 0 radical (unpaired) electrons. The second kappa shape index (κ2) is 5.50. The summed E-state index contributed by atoms with van der Waals surface area (Å²) in [7, 11) is 0. The molecule has 1 saturated heterocycles. The predicted molar refractivity (Wildman–Crippen MR) is 73.1 cm³/mol. The maximum absolute atomic E-state index is 11.4. The minimum absolute atomic E-state index is 0.0274. The molecule has 0 aromatic carbocycles. The fraction of sp³-hybridized carbons (Fsp3) is 0.308. The SMILES string of the molecule is O=C(CCl)N1CC(c2ccnc(-c3ncccn3)n2)C1. The molecule has 0 aliphatic carbocycles. The first-order valence-electron chi connectivity index (χ1n) is 6.22. The molecule has 1 aliphatic heterocycles. The summed E-state index contributed by atoms with van der Waals surface area (Å²) in [5, 5.41) is 0. The zero-order valence-corrected chi connectivity index (χ0v) is 11.4. The van der Waals surface area contributed by atoms with Gasteiger partial charge in [0.1, 0.15) is 5.88 Å². The summed E-state index contributed by atoms with van der Waals surface area (Å²) in [6.45, 7) is 1.30. The van der Waals surface area contributed by atoms with E-state index in [0.717, 1.165) is 5.69 Å². The van der Waals surface area contributed by atoms with E-state index >= 15 is 0 Å². The second-order valence-corrected chi connectivity index (χ2v) is 4.77. The fourth-order valence-corrected chi connectivity index (χ4v) is 2.25. The molecule has 3 heterocycles. The highest BCUT2D eigenvalue weighted by atomic mass is 35.5. The second-order valence-electron chi connectivity index (χ2n) is 4.51. The summed E-state index contributed by atoms with van der Waals surface area (Å²) >= 11 is 5.53. The summed E-state index contributed by atoms with van der Waals surface area (Å²) < 4.78 is 0. The zero-order valence-electron chi connectivity index (χ0n) is 10.6. The highest BCUT2D eigenvalue weighted by molar-refractivity contribution is 6.27. The van der Waals surface area contributed by atoms with E-state index in [1.54, 1.807) is 29.6 Å². The van der Waals surface area contributed by atoms with Crippen LogP contribution in [0.25, 0.3) is 11.6 Å². The zero-order chi connectivity index (χ0) is 13.9. The molecule has 20 heavy (non-hydrogen) atoms. The first-order valence-corrected chi connectivity index (χ1v) is 6.75. The molecule has 0 saturated carbocycles. The van der Waals surface area contributed by atoms with E-state index < -0.39 is 0 Å². The quantitative estimate of drug-likeness (QED) is 0.791. The van der Waals surface area contributed by atoms with Crippen molar-refractivity contribution in [3.05, 3.63) is 36.4 Å². The minimum Gasteiger partial charge on any atom is -0.340 e. The molecular weight excluding hydrogens is 278 g/mol. The predicted octanol–water partition coefficient (Wildman–Crippen LogP) is 1.10. The lowest BCUT2D eigenvalue weighted by Crippen LogP contribution is -2.49. The molecule has 6 nitrogen and oxygen atoms in total. The Kier molecular flexibility index (Phi) is 3.56. The van der Waals surface area contributed by atoms with Crippen molar-refractivity contribution in [3.63, 3.8) is 0 Å². The van der Waals surface area contributed by atoms with Crippen LogP contribution in [0.4, 0.5) is 0 Å². The van der Waals surface area contributed by atoms with Crippen molar-refractivity contribution >= 4 is 17.5 Å². The van der Waals surface area contributed by atoms with Crippen LogP contribution >= 0.6 is 11.6 Å². The number of hydrogen-bond acceptors (Lipinski definition) is 5. The van der Waals surface area contributed by atoms with Crippen molar-refractivity contribution in [3.8, 4) is 11.6 Å². The topological polar surface area (TPSA) is 71.9 Å². The Morgan fingerprint density at radius 1 is 1.20 bits per heavy atom. The lowest BCUT2D eigenvalue weighted by molar-refractivity contribution is -0.132. The molecule has 7 heteroatoms. The van der Waals surface area contributed by atoms with Gasteiger partial charge < -0.3 is 4.90 Å². The van der Waals surface area contributed by atoms with Crippen LogP contribution < -0.4 is 0 Å². The first kappa shape index (κ1) is 12.9. The molecule has 2 aromatic heterocycles. The first-order chi connectivity index (χ1) is 9.78. The van der Waals surface area contributed by atoms with Crippen LogP contribution in [-0.2, 0) is 4.79 Å². The van der Waals surface area contributed by atoms with Crippen molar-refractivity contribution in [2.75, 3.05) is 19.0 Å². The van der Waals surface area contributed by atoms with Crippen LogP contribution in [0.1, 0.15) is 11.6 Å². The van der Waals surface area contributed by atoms with Gasteiger partial charge in [0.05, 0.1) is 5.69 Å². The smallest absolute Gasteiger partial charge is 0.237 e. The molecule has 0 atom stereocenters. The molecule has 0 N–H and O–H groups in total. The molecule has 2 aromatic rings. The molecule has 0 spiro atoms. The van der Waals surface area contributed by atoms with Gasteiger partial charge in [-0.15, -0.1) is 11.6 Å². The summed E-state index contributed by atoms with van der Waals surface area (Å²) in [5.41, 5.74) is 0.904. The van der Waals surface area contributed by atoms with Gasteiger partial charge in [-0.3, -0.25) is 4.79 Å². The lowest BCUT2D eigenvalue weighted by atomic mass is 9.96. The van der Waals surface area contributed by atoms with E-state index in [-0.39, 0.29) is 17.7 Å². The molecule has 1 fully saturated rings. The number of hydrogen-bond donors (Lipinski definition) is 0. The fourth-order valence-electron chi connectivity index (χ4n) is 2.08. The maximum atomic E-state index is 11.4. The Morgan fingerprint density at radius 2 is 1.90 bits per heavy atom. The summed E-state index contributed by atoms with van der Waals surface area (Å²) in [4.78, 5) is 30.0. The highest BCUT2D eigenvalue weighted by Gasteiger charge is 2.32. The highest BCUT2D eigenvalue weighted by Crippen LogP contribution is 2.26. The number of likely N-dealkylation sites (tertiary alicyclic amines) is 1. The number of amides is 1. The maximum Gasteiger partial charge on any atom is 0.237 e. The molecule has 1 aliphatic rings. The normalized spacial score (nSPS) is 14.9. The molecule has 0 bridgehead atoms. The van der Waals surface area contributed by atoms with Crippen LogP contribution in [0.15, 0.2) is 30.7 Å². The average Bonchev–Trinajstić information content (AvgIpc) is 2.47. The van der Waals surface area contributed by atoms with Crippen LogP contribution in [0.3, 0.4) is 0 Å². The van der Waals surface area contributed by atoms with E-state index in [2.05, 4.69) is 19.9 Å². The Balaban J connectivity index is 1.75. The number of carbonyl (C=O) groups excluding carboxylic acids is 1. The van der Waals surface area contributed by atoms with Gasteiger partial charge in [0, 0.05) is 37.6 Å². The van der Waals surface area contributed by atoms with Gasteiger partial charge in [-0.25, -0.2) is 19.9 Å². The van der Waals surface area contributed by atoms with Gasteiger partial charge in [0.15, 0.2) is 11.6 Å². The van der Waals surface area contributed by atoms with E-state index in [1.807, 2.05) is 6.07 Å². The number of carbonyl (C=O) groups is 1. The third-order valence-electron chi connectivity index (χ3n) is 3.21. The average molecular weight is 290 g/mol. The third-order valence-corrected chi connectivity index (χ3v) is 3.44. The number of halogens is 1. The lowest BCUT2D eigenvalue weighted by Gasteiger charge is -2.38. The van der Waals surface area contributed by atoms with Crippen LogP contribution in [0.5, 0.6) is 0 Å². The summed E-state index contributed by atoms with van der Waals surface area (Å²) in [5.74, 6) is 1.23. The van der Waals surface area contributed by atoms with E-state index in [9.17, 15) is 4.79 Å². The van der Waals surface area contributed by atoms with E-state index in [1.165, 1.54) is 0 Å². The van der Waals surface area contributed by atoms with Crippen LogP contribution in [0.2, 0.25) is 0 Å². The monoisotopic (exact) mass is 289 g/mol. The molecule has 1 amide bonds. The summed E-state index contributed by atoms with van der Waals surface area (Å²) in [6, 6.07) is 3.61. The number of alkyl halides is 1. The van der Waals surface area contributed by atoms with Gasteiger partial charge in [-0.2, -0.15) is 0 Å². The Labute approximate surface area is 120 Å². The Hall–Kier alpha value is -2.08. The van der Waals surface area contributed by atoms with E-state index in [0.29, 0.717) is 24.7 Å². The standard InChI is InChI=1S/C13H12ClN5O/c14-6-11(20)19-7-9(8-19)10-2-5-17-13(18-10)12-15-3-1-4-16-12/h1-5,9H,6-8H2. The minimum atomic E-state index is -0.0383.